The number of carbonyl (C=O) groups excluding carboxylic acids is 2. The molecule has 0 N–H and O–H groups in total. The van der Waals surface area contributed by atoms with E-state index in [1.54, 1.807) is 21.8 Å². The Bertz CT molecular complexity index is 888. The van der Waals surface area contributed by atoms with Crippen LogP contribution in [0.15, 0.2) is 30.5 Å². The molecule has 1 aliphatic heterocycles. The predicted molar refractivity (Wildman–Crippen MR) is 115 cm³/mol. The first kappa shape index (κ1) is 21.5. The molecule has 8 heteroatoms. The summed E-state index contributed by atoms with van der Waals surface area (Å²) in [6.45, 7) is 3.18. The first-order valence-corrected chi connectivity index (χ1v) is 11.1. The number of nitrogens with zero attached hydrogens (tertiary/aromatic N) is 5. The van der Waals surface area contributed by atoms with Gasteiger partial charge < -0.3 is 14.5 Å². The Kier molecular flexibility index (Phi) is 6.65. The lowest BCUT2D eigenvalue weighted by atomic mass is 9.94. The summed E-state index contributed by atoms with van der Waals surface area (Å²) >= 11 is 0. The van der Waals surface area contributed by atoms with E-state index in [-0.39, 0.29) is 30.5 Å². The number of aryl methyl sites for hydroxylation is 2. The highest BCUT2D eigenvalue weighted by Crippen LogP contribution is 2.25. The van der Waals surface area contributed by atoms with Gasteiger partial charge >= 0.3 is 0 Å². The van der Waals surface area contributed by atoms with Crippen LogP contribution in [-0.2, 0) is 23.2 Å². The van der Waals surface area contributed by atoms with Crippen molar-refractivity contribution in [2.75, 3.05) is 19.6 Å². The number of amides is 2. The molecule has 8 nitrogen and oxygen atoms in total. The van der Waals surface area contributed by atoms with Gasteiger partial charge in [-0.25, -0.2) is 0 Å². The van der Waals surface area contributed by atoms with E-state index >= 15 is 0 Å². The van der Waals surface area contributed by atoms with E-state index in [4.69, 9.17) is 4.74 Å². The van der Waals surface area contributed by atoms with E-state index in [0.717, 1.165) is 37.1 Å². The molecule has 1 atom stereocenters. The molecule has 0 bridgehead atoms. The number of aromatic nitrogens is 3. The van der Waals surface area contributed by atoms with Crippen LogP contribution >= 0.6 is 0 Å². The minimum absolute atomic E-state index is 0.00293. The second-order valence-electron chi connectivity index (χ2n) is 8.57. The zero-order chi connectivity index (χ0) is 21.8. The van der Waals surface area contributed by atoms with Crippen LogP contribution in [0.1, 0.15) is 54.0 Å². The van der Waals surface area contributed by atoms with Gasteiger partial charge in [0.2, 0.25) is 5.91 Å². The molecular weight excluding hydrogens is 394 g/mol. The standard InChI is InChI=1S/C23H31N5O3/c1-17-12-21(25-26(17)2)23(30)27-13-20(31-16-18-8-6-7-11-24-18)14-28(22(29)15-27)19-9-4-3-5-10-19/h6-8,11-12,19-20H,3-5,9-10,13-16H2,1-2H3/t20-/m1/s1. The summed E-state index contributed by atoms with van der Waals surface area (Å²) in [7, 11) is 1.81. The smallest absolute Gasteiger partial charge is 0.274 e. The Balaban J connectivity index is 1.53. The third-order valence-corrected chi connectivity index (χ3v) is 6.30. The van der Waals surface area contributed by atoms with Crippen molar-refractivity contribution in [1.82, 2.24) is 24.6 Å². The van der Waals surface area contributed by atoms with Gasteiger partial charge in [-0.05, 0) is 38.0 Å². The third kappa shape index (κ3) is 5.12. The lowest BCUT2D eigenvalue weighted by molar-refractivity contribution is -0.134. The van der Waals surface area contributed by atoms with Crippen molar-refractivity contribution in [3.8, 4) is 0 Å². The van der Waals surface area contributed by atoms with Crippen LogP contribution in [0.3, 0.4) is 0 Å². The van der Waals surface area contributed by atoms with Gasteiger partial charge in [0.05, 0.1) is 18.4 Å². The summed E-state index contributed by atoms with van der Waals surface area (Å²) in [4.78, 5) is 34.2. The maximum Gasteiger partial charge on any atom is 0.274 e. The van der Waals surface area contributed by atoms with Gasteiger partial charge in [-0.1, -0.05) is 25.3 Å². The molecule has 2 fully saturated rings. The summed E-state index contributed by atoms with van der Waals surface area (Å²) in [5.74, 6) is -0.231. The first-order valence-electron chi connectivity index (χ1n) is 11.1. The first-order chi connectivity index (χ1) is 15.0. The Morgan fingerprint density at radius 1 is 1.19 bits per heavy atom. The zero-order valence-electron chi connectivity index (χ0n) is 18.4. The van der Waals surface area contributed by atoms with Crippen molar-refractivity contribution in [3.05, 3.63) is 47.5 Å². The molecule has 2 amide bonds. The fraction of sp³-hybridized carbons (Fsp3) is 0.565. The van der Waals surface area contributed by atoms with Crippen molar-refractivity contribution < 1.29 is 14.3 Å². The Morgan fingerprint density at radius 2 is 2.00 bits per heavy atom. The number of pyridine rings is 1. The molecule has 1 saturated carbocycles. The fourth-order valence-corrected chi connectivity index (χ4v) is 4.46. The van der Waals surface area contributed by atoms with E-state index in [1.165, 1.54) is 6.42 Å². The van der Waals surface area contributed by atoms with Crippen LogP contribution in [0.5, 0.6) is 0 Å². The van der Waals surface area contributed by atoms with Crippen molar-refractivity contribution >= 4 is 11.8 Å². The second-order valence-corrected chi connectivity index (χ2v) is 8.57. The van der Waals surface area contributed by atoms with Gasteiger partial charge in [0.15, 0.2) is 5.69 Å². The second kappa shape index (κ2) is 9.60. The van der Waals surface area contributed by atoms with Crippen LogP contribution in [0.2, 0.25) is 0 Å². The minimum Gasteiger partial charge on any atom is -0.368 e. The highest BCUT2D eigenvalue weighted by Gasteiger charge is 2.35. The van der Waals surface area contributed by atoms with E-state index < -0.39 is 0 Å². The summed E-state index contributed by atoms with van der Waals surface area (Å²) in [5, 5.41) is 4.32. The molecule has 0 spiro atoms. The van der Waals surface area contributed by atoms with Crippen LogP contribution < -0.4 is 0 Å². The van der Waals surface area contributed by atoms with Gasteiger partial charge in [-0.2, -0.15) is 5.10 Å². The number of hydrogen-bond donors (Lipinski definition) is 0. The van der Waals surface area contributed by atoms with E-state index in [1.807, 2.05) is 37.1 Å². The van der Waals surface area contributed by atoms with Gasteiger partial charge in [0.25, 0.3) is 5.91 Å². The fourth-order valence-electron chi connectivity index (χ4n) is 4.46. The summed E-state index contributed by atoms with van der Waals surface area (Å²) in [6.07, 6.45) is 7.01. The molecule has 1 aliphatic carbocycles. The largest absolute Gasteiger partial charge is 0.368 e. The highest BCUT2D eigenvalue weighted by atomic mass is 16.5. The Morgan fingerprint density at radius 3 is 2.68 bits per heavy atom. The van der Waals surface area contributed by atoms with E-state index in [0.29, 0.717) is 25.4 Å². The monoisotopic (exact) mass is 425 g/mol. The topological polar surface area (TPSA) is 80.6 Å². The van der Waals surface area contributed by atoms with Gasteiger partial charge in [0.1, 0.15) is 6.54 Å². The van der Waals surface area contributed by atoms with Gasteiger partial charge in [-0.15, -0.1) is 0 Å². The number of rotatable bonds is 5. The molecule has 2 aromatic rings. The molecule has 1 saturated heterocycles. The minimum atomic E-state index is -0.274. The summed E-state index contributed by atoms with van der Waals surface area (Å²) in [5.41, 5.74) is 2.10. The lowest BCUT2D eigenvalue weighted by Gasteiger charge is -2.34. The molecule has 2 aliphatic rings. The van der Waals surface area contributed by atoms with E-state index in [2.05, 4.69) is 10.1 Å². The van der Waals surface area contributed by atoms with Crippen LogP contribution in [0.4, 0.5) is 0 Å². The zero-order valence-corrected chi connectivity index (χ0v) is 18.4. The number of carbonyl (C=O) groups is 2. The molecule has 3 heterocycles. The third-order valence-electron chi connectivity index (χ3n) is 6.30. The van der Waals surface area contributed by atoms with Crippen molar-refractivity contribution in [2.24, 2.45) is 7.05 Å². The Hall–Kier alpha value is -2.74. The number of ether oxygens (including phenoxy) is 1. The summed E-state index contributed by atoms with van der Waals surface area (Å²) < 4.78 is 7.86. The average molecular weight is 426 g/mol. The van der Waals surface area contributed by atoms with E-state index in [9.17, 15) is 9.59 Å². The molecule has 0 aromatic carbocycles. The Labute approximate surface area is 183 Å². The molecule has 2 aromatic heterocycles. The van der Waals surface area contributed by atoms with Crippen molar-refractivity contribution in [2.45, 2.75) is 57.8 Å². The SMILES string of the molecule is Cc1cc(C(=O)N2CC(=O)N(C3CCCCC3)C[C@H](OCc3ccccn3)C2)nn1C. The maximum absolute atomic E-state index is 13.2. The number of hydrogen-bond acceptors (Lipinski definition) is 5. The molecule has 31 heavy (non-hydrogen) atoms. The highest BCUT2D eigenvalue weighted by molar-refractivity contribution is 5.95. The van der Waals surface area contributed by atoms with Gasteiger partial charge in [0, 0.05) is 38.1 Å². The lowest BCUT2D eigenvalue weighted by Crippen LogP contribution is -2.46. The maximum atomic E-state index is 13.2. The van der Waals surface area contributed by atoms with Crippen LogP contribution in [0.25, 0.3) is 0 Å². The van der Waals surface area contributed by atoms with Crippen LogP contribution in [0, 0.1) is 6.92 Å². The van der Waals surface area contributed by atoms with Gasteiger partial charge in [-0.3, -0.25) is 19.3 Å². The quantitative estimate of drug-likeness (QED) is 0.735. The van der Waals surface area contributed by atoms with Crippen LogP contribution in [-0.4, -0.2) is 68.2 Å². The molecular formula is C23H31N5O3. The van der Waals surface area contributed by atoms with Crippen molar-refractivity contribution in [3.63, 3.8) is 0 Å². The normalized spacial score (nSPS) is 20.7. The molecule has 166 valence electrons. The molecule has 0 unspecified atom stereocenters. The predicted octanol–water partition coefficient (Wildman–Crippen LogP) is 2.33. The van der Waals surface area contributed by atoms with Crippen molar-refractivity contribution in [1.29, 1.82) is 0 Å². The summed E-state index contributed by atoms with van der Waals surface area (Å²) in [6, 6.07) is 7.71. The molecule has 0 radical (unpaired) electrons. The average Bonchev–Trinajstić information content (AvgIpc) is 3.03. The molecule has 4 rings (SSSR count).